The minimum absolute atomic E-state index is 0.127. The number of nitrogens with one attached hydrogen (secondary N) is 2. The van der Waals surface area contributed by atoms with Gasteiger partial charge >= 0.3 is 0 Å². The summed E-state index contributed by atoms with van der Waals surface area (Å²) in [5.41, 5.74) is 7.66. The third-order valence-electron chi connectivity index (χ3n) is 8.41. The fourth-order valence-electron chi connectivity index (χ4n) is 5.84. The Hall–Kier alpha value is -5.27. The lowest BCUT2D eigenvalue weighted by Crippen LogP contribution is -2.44. The van der Waals surface area contributed by atoms with Gasteiger partial charge < -0.3 is 20.4 Å². The van der Waals surface area contributed by atoms with Gasteiger partial charge in [0, 0.05) is 60.4 Å². The number of anilines is 4. The Bertz CT molecular complexity index is 1970. The molecule has 1 saturated heterocycles. The molecule has 1 aromatic heterocycles. The first-order valence-corrected chi connectivity index (χ1v) is 15.0. The number of hydrogen-bond donors (Lipinski definition) is 2. The van der Waals surface area contributed by atoms with E-state index in [1.807, 2.05) is 72.9 Å². The normalized spacial score (nSPS) is 13.7. The van der Waals surface area contributed by atoms with E-state index >= 15 is 0 Å². The molecule has 1 aliphatic heterocycles. The minimum atomic E-state index is -0.127. The lowest BCUT2D eigenvalue weighted by atomic mass is 9.98. The number of carbonyl (C=O) groups excluding carboxylic acids is 1. The fourth-order valence-corrected chi connectivity index (χ4v) is 5.84. The second-order valence-electron chi connectivity index (χ2n) is 11.4. The van der Waals surface area contributed by atoms with Gasteiger partial charge in [0.2, 0.25) is 5.95 Å². The van der Waals surface area contributed by atoms with Crippen molar-refractivity contribution in [3.63, 3.8) is 0 Å². The topological polar surface area (TPSA) is 73.4 Å². The average molecular weight is 579 g/mol. The van der Waals surface area contributed by atoms with E-state index in [0.717, 1.165) is 75.9 Å². The Morgan fingerprint density at radius 3 is 2.39 bits per heavy atom. The van der Waals surface area contributed by atoms with Crippen molar-refractivity contribution in [1.29, 1.82) is 0 Å². The molecule has 0 radical (unpaired) electrons. The first kappa shape index (κ1) is 27.6. The van der Waals surface area contributed by atoms with Crippen molar-refractivity contribution in [2.45, 2.75) is 6.92 Å². The molecule has 0 atom stereocenters. The number of likely N-dealkylation sites (N-methyl/N-ethyl adjacent to an activating group) is 1. The number of hydrogen-bond acceptors (Lipinski definition) is 6. The van der Waals surface area contributed by atoms with E-state index < -0.39 is 0 Å². The van der Waals surface area contributed by atoms with Gasteiger partial charge in [0.15, 0.2) is 0 Å². The van der Waals surface area contributed by atoms with E-state index in [4.69, 9.17) is 4.98 Å². The van der Waals surface area contributed by atoms with Crippen molar-refractivity contribution < 1.29 is 4.79 Å². The number of benzene rings is 5. The molecule has 1 amide bonds. The monoisotopic (exact) mass is 578 g/mol. The van der Waals surface area contributed by atoms with Crippen LogP contribution in [0.1, 0.15) is 15.9 Å². The molecule has 0 saturated carbocycles. The number of nitrogens with zero attached hydrogens (tertiary/aromatic N) is 4. The summed E-state index contributed by atoms with van der Waals surface area (Å²) >= 11 is 0. The highest BCUT2D eigenvalue weighted by Crippen LogP contribution is 2.30. The van der Waals surface area contributed by atoms with Gasteiger partial charge in [-0.1, -0.05) is 48.5 Å². The largest absolute Gasteiger partial charge is 0.369 e. The first-order chi connectivity index (χ1) is 21.5. The van der Waals surface area contributed by atoms with Crippen LogP contribution >= 0.6 is 0 Å². The van der Waals surface area contributed by atoms with Crippen LogP contribution in [0.25, 0.3) is 32.8 Å². The van der Waals surface area contributed by atoms with Gasteiger partial charge in [0.1, 0.15) is 0 Å². The standard InChI is InChI=1S/C37H34N6O/c1-25-10-12-30(39-36(44)33-9-5-7-26-6-3-4-8-32(26)33)23-34(25)27-11-17-35-28(22-27)24-38-37(41-35)40-29-13-15-31(16-14-29)43-20-18-42(2)19-21-43/h3-17,22-24H,18-21H2,1-2H3,(H,39,44)(H,38,40,41). The summed E-state index contributed by atoms with van der Waals surface area (Å²) in [6.07, 6.45) is 1.86. The molecule has 2 N–H and O–H groups in total. The smallest absolute Gasteiger partial charge is 0.256 e. The molecule has 0 spiro atoms. The minimum Gasteiger partial charge on any atom is -0.369 e. The fraction of sp³-hybridized carbons (Fsp3) is 0.162. The maximum Gasteiger partial charge on any atom is 0.256 e. The Kier molecular flexibility index (Phi) is 7.38. The maximum absolute atomic E-state index is 13.3. The van der Waals surface area contributed by atoms with Crippen molar-refractivity contribution >= 4 is 50.6 Å². The summed E-state index contributed by atoms with van der Waals surface area (Å²) in [5.74, 6) is 0.435. The molecule has 1 fully saturated rings. The van der Waals surface area contributed by atoms with Gasteiger partial charge in [0.05, 0.1) is 5.52 Å². The van der Waals surface area contributed by atoms with Crippen molar-refractivity contribution in [3.05, 3.63) is 120 Å². The number of aromatic nitrogens is 2. The van der Waals surface area contributed by atoms with E-state index in [2.05, 4.69) is 75.8 Å². The quantitative estimate of drug-likeness (QED) is 0.213. The zero-order valence-corrected chi connectivity index (χ0v) is 24.9. The highest BCUT2D eigenvalue weighted by molar-refractivity contribution is 6.13. The van der Waals surface area contributed by atoms with E-state index in [9.17, 15) is 4.79 Å². The predicted molar refractivity (Wildman–Crippen MR) is 181 cm³/mol. The summed E-state index contributed by atoms with van der Waals surface area (Å²) in [7, 11) is 2.17. The van der Waals surface area contributed by atoms with Gasteiger partial charge in [-0.3, -0.25) is 4.79 Å². The van der Waals surface area contributed by atoms with Crippen LogP contribution in [0.4, 0.5) is 23.0 Å². The molecule has 5 aromatic carbocycles. The van der Waals surface area contributed by atoms with Crippen molar-refractivity contribution in [2.75, 3.05) is 48.8 Å². The molecular weight excluding hydrogens is 544 g/mol. The van der Waals surface area contributed by atoms with Crippen LogP contribution in [0.15, 0.2) is 109 Å². The molecule has 2 heterocycles. The zero-order chi connectivity index (χ0) is 30.0. The van der Waals surface area contributed by atoms with E-state index in [1.165, 1.54) is 5.69 Å². The summed E-state index contributed by atoms with van der Waals surface area (Å²) in [6, 6.07) is 34.4. The van der Waals surface area contributed by atoms with Crippen LogP contribution in [0.2, 0.25) is 0 Å². The average Bonchev–Trinajstić information content (AvgIpc) is 3.06. The van der Waals surface area contributed by atoms with Gasteiger partial charge in [0.25, 0.3) is 5.91 Å². The number of carbonyl (C=O) groups is 1. The molecular formula is C37H34N6O. The molecule has 6 aromatic rings. The number of amides is 1. The Labute approximate surface area is 257 Å². The second kappa shape index (κ2) is 11.8. The summed E-state index contributed by atoms with van der Waals surface area (Å²) in [5, 5.41) is 9.38. The van der Waals surface area contributed by atoms with Gasteiger partial charge in [-0.25, -0.2) is 9.97 Å². The summed E-state index contributed by atoms with van der Waals surface area (Å²) in [6.45, 7) is 6.33. The third kappa shape index (κ3) is 5.70. The number of rotatable bonds is 6. The van der Waals surface area contributed by atoms with Crippen LogP contribution in [-0.2, 0) is 0 Å². The molecule has 0 bridgehead atoms. The van der Waals surface area contributed by atoms with Crippen molar-refractivity contribution in [3.8, 4) is 11.1 Å². The van der Waals surface area contributed by atoms with Crippen LogP contribution in [0, 0.1) is 6.92 Å². The number of piperazine rings is 1. The van der Waals surface area contributed by atoms with E-state index in [1.54, 1.807) is 0 Å². The van der Waals surface area contributed by atoms with Crippen LogP contribution in [0.3, 0.4) is 0 Å². The molecule has 7 nitrogen and oxygen atoms in total. The SMILES string of the molecule is Cc1ccc(NC(=O)c2cccc3ccccc23)cc1-c1ccc2nc(Nc3ccc(N4CCN(C)CC4)cc3)ncc2c1. The summed E-state index contributed by atoms with van der Waals surface area (Å²) in [4.78, 5) is 27.4. The Morgan fingerprint density at radius 1 is 0.773 bits per heavy atom. The van der Waals surface area contributed by atoms with Crippen molar-refractivity contribution in [1.82, 2.24) is 14.9 Å². The molecule has 0 aliphatic carbocycles. The number of aryl methyl sites for hydroxylation is 1. The lowest BCUT2D eigenvalue weighted by molar-refractivity contribution is 0.102. The van der Waals surface area contributed by atoms with E-state index in [0.29, 0.717) is 11.5 Å². The molecule has 44 heavy (non-hydrogen) atoms. The van der Waals surface area contributed by atoms with Crippen LogP contribution < -0.4 is 15.5 Å². The zero-order valence-electron chi connectivity index (χ0n) is 24.9. The van der Waals surface area contributed by atoms with Gasteiger partial charge in [-0.2, -0.15) is 0 Å². The number of fused-ring (bicyclic) bond motifs is 2. The molecule has 1 aliphatic rings. The first-order valence-electron chi connectivity index (χ1n) is 15.0. The van der Waals surface area contributed by atoms with Crippen LogP contribution in [0.5, 0.6) is 0 Å². The molecule has 7 rings (SSSR count). The maximum atomic E-state index is 13.3. The highest BCUT2D eigenvalue weighted by Gasteiger charge is 2.15. The predicted octanol–water partition coefficient (Wildman–Crippen LogP) is 7.51. The third-order valence-corrected chi connectivity index (χ3v) is 8.41. The van der Waals surface area contributed by atoms with Gasteiger partial charge in [-0.15, -0.1) is 0 Å². The molecule has 218 valence electrons. The van der Waals surface area contributed by atoms with Crippen molar-refractivity contribution in [2.24, 2.45) is 0 Å². The van der Waals surface area contributed by atoms with Gasteiger partial charge in [-0.05, 0) is 96.0 Å². The molecule has 7 heteroatoms. The Balaban J connectivity index is 1.08. The second-order valence-corrected chi connectivity index (χ2v) is 11.4. The lowest BCUT2D eigenvalue weighted by Gasteiger charge is -2.34. The van der Waals surface area contributed by atoms with E-state index in [-0.39, 0.29) is 5.91 Å². The Morgan fingerprint density at radius 2 is 1.55 bits per heavy atom. The van der Waals surface area contributed by atoms with Crippen LogP contribution in [-0.4, -0.2) is 54.0 Å². The molecule has 0 unspecified atom stereocenters. The highest BCUT2D eigenvalue weighted by atomic mass is 16.1. The summed E-state index contributed by atoms with van der Waals surface area (Å²) < 4.78 is 0.